The second-order valence-electron chi connectivity index (χ2n) is 30.0. The fraction of sp³-hybridized carbons (Fsp3) is 0.783. The van der Waals surface area contributed by atoms with Crippen LogP contribution in [0.4, 0.5) is 0 Å². The summed E-state index contributed by atoms with van der Waals surface area (Å²) < 4.78 is 44.0. The van der Waals surface area contributed by atoms with Crippen molar-refractivity contribution in [3.8, 4) is 0 Å². The number of unbranched alkanes of at least 4 members (excludes halogenated alkanes) is 5. The van der Waals surface area contributed by atoms with Crippen LogP contribution in [0.5, 0.6) is 0 Å². The number of hydrogen-bond acceptors (Lipinski definition) is 23. The monoisotopic (exact) mass is 1650 g/mol. The Balaban J connectivity index is 2.33. The van der Waals surface area contributed by atoms with Gasteiger partial charge in [0.1, 0.15) is 42.3 Å². The Morgan fingerprint density at radius 2 is 0.897 bits per heavy atom. The van der Waals surface area contributed by atoms with Crippen LogP contribution in [0.1, 0.15) is 216 Å². The summed E-state index contributed by atoms with van der Waals surface area (Å²) in [5.74, 6) is -11.3. The van der Waals surface area contributed by atoms with Gasteiger partial charge in [0.2, 0.25) is 59.1 Å². The fourth-order valence-corrected chi connectivity index (χ4v) is 12.8. The van der Waals surface area contributed by atoms with Crippen molar-refractivity contribution in [3.63, 3.8) is 0 Å². The summed E-state index contributed by atoms with van der Waals surface area (Å²) in [6.45, 7) is 23.3. The van der Waals surface area contributed by atoms with Gasteiger partial charge in [-0.15, -0.1) is 0 Å². The number of carbonyl (C=O) groups is 12. The third-order valence-electron chi connectivity index (χ3n) is 19.3. The first kappa shape index (κ1) is 105. The van der Waals surface area contributed by atoms with Gasteiger partial charge in [0.25, 0.3) is 0 Å². The molecule has 14 N–H and O–H groups in total. The van der Waals surface area contributed by atoms with E-state index >= 15 is 0 Å². The fourth-order valence-electron chi connectivity index (χ4n) is 12.8. The third kappa shape index (κ3) is 46.2. The van der Waals surface area contributed by atoms with Crippen LogP contribution in [-0.4, -0.2) is 266 Å². The highest BCUT2D eigenvalue weighted by molar-refractivity contribution is 5.99. The summed E-state index contributed by atoms with van der Waals surface area (Å²) in [6.07, 6.45) is 3.66. The molecule has 0 bridgehead atoms. The first-order chi connectivity index (χ1) is 55.8. The molecule has 33 heteroatoms. The largest absolute Gasteiger partial charge is 0.393 e. The summed E-state index contributed by atoms with van der Waals surface area (Å²) in [5, 5.41) is 49.6. The molecule has 33 nitrogen and oxygen atoms in total. The summed E-state index contributed by atoms with van der Waals surface area (Å²) in [6, 6.07) is -2.86. The van der Waals surface area contributed by atoms with E-state index in [1.807, 2.05) is 20.8 Å². The van der Waals surface area contributed by atoms with Crippen molar-refractivity contribution in [1.29, 1.82) is 0 Å². The molecule has 1 aromatic carbocycles. The number of nitrogens with one attached hydrogen (secondary N) is 10. The number of benzene rings is 1. The Kier molecular flexibility index (Phi) is 58.6. The lowest BCUT2D eigenvalue weighted by atomic mass is 9.89. The summed E-state index contributed by atoms with van der Waals surface area (Å²) in [4.78, 5) is 172. The van der Waals surface area contributed by atoms with Crippen molar-refractivity contribution < 1.29 is 106 Å². The Hall–Kier alpha value is -7.18. The number of carbonyl (C=O) groups excluding carboxylic acids is 12. The van der Waals surface area contributed by atoms with Crippen LogP contribution in [0.3, 0.4) is 0 Å². The Morgan fingerprint density at radius 3 is 1.40 bits per heavy atom. The Labute approximate surface area is 688 Å². The molecule has 1 heterocycles. The highest BCUT2D eigenvalue weighted by Gasteiger charge is 2.39. The van der Waals surface area contributed by atoms with E-state index in [4.69, 9.17) is 43.6 Å². The summed E-state index contributed by atoms with van der Waals surface area (Å²) in [7, 11) is 0. The molecule has 0 aliphatic carbocycles. The lowest BCUT2D eigenvalue weighted by Crippen LogP contribution is -2.61. The summed E-state index contributed by atoms with van der Waals surface area (Å²) in [5.41, 5.74) is 6.07. The van der Waals surface area contributed by atoms with Gasteiger partial charge in [-0.2, -0.15) is 0 Å². The van der Waals surface area contributed by atoms with E-state index in [9.17, 15) is 67.7 Å². The molecular formula is C83H145N11O22. The highest BCUT2D eigenvalue weighted by atomic mass is 16.6. The van der Waals surface area contributed by atoms with E-state index in [2.05, 4.69) is 60.1 Å². The van der Waals surface area contributed by atoms with E-state index in [0.29, 0.717) is 130 Å². The molecule has 1 fully saturated rings. The predicted octanol–water partition coefficient (Wildman–Crippen LogP) is 3.30. The molecule has 1 aliphatic heterocycles. The molecule has 116 heavy (non-hydrogen) atoms. The van der Waals surface area contributed by atoms with Crippen LogP contribution in [-0.2, 0) is 102 Å². The zero-order valence-electron chi connectivity index (χ0n) is 71.1. The van der Waals surface area contributed by atoms with Crippen molar-refractivity contribution in [1.82, 2.24) is 53.2 Å². The van der Waals surface area contributed by atoms with E-state index in [0.717, 1.165) is 32.1 Å². The predicted molar refractivity (Wildman–Crippen MR) is 437 cm³/mol. The van der Waals surface area contributed by atoms with Gasteiger partial charge in [-0.1, -0.05) is 156 Å². The second kappa shape index (κ2) is 64.8. The number of aliphatic hydroxyl groups excluding tert-OH is 2. The van der Waals surface area contributed by atoms with Crippen molar-refractivity contribution in [2.75, 3.05) is 119 Å². The van der Waals surface area contributed by atoms with Crippen molar-refractivity contribution in [3.05, 3.63) is 35.9 Å². The molecule has 0 saturated carbocycles. The van der Waals surface area contributed by atoms with Crippen molar-refractivity contribution in [2.45, 2.75) is 284 Å². The lowest BCUT2D eigenvalue weighted by Gasteiger charge is -2.29. The smallest absolute Gasteiger partial charge is 0.245 e. The van der Waals surface area contributed by atoms with Gasteiger partial charge in [0.15, 0.2) is 11.6 Å². The van der Waals surface area contributed by atoms with Crippen LogP contribution >= 0.6 is 0 Å². The second-order valence-corrected chi connectivity index (χ2v) is 30.0. The van der Waals surface area contributed by atoms with Gasteiger partial charge in [-0.25, -0.2) is 0 Å². The minimum atomic E-state index is -1.72. The maximum atomic E-state index is 14.9. The van der Waals surface area contributed by atoms with Crippen LogP contribution < -0.4 is 58.9 Å². The molecule has 1 saturated heterocycles. The van der Waals surface area contributed by atoms with Gasteiger partial charge >= 0.3 is 0 Å². The molecule has 2 rings (SSSR count). The Bertz CT molecular complexity index is 2960. The number of ketones is 2. The number of hydrogen-bond donors (Lipinski definition) is 13. The molecule has 0 aromatic heterocycles. The van der Waals surface area contributed by atoms with Crippen LogP contribution in [0.15, 0.2) is 30.3 Å². The first-order valence-electron chi connectivity index (χ1n) is 42.6. The van der Waals surface area contributed by atoms with E-state index in [1.54, 1.807) is 58.0 Å². The van der Waals surface area contributed by atoms with Crippen LogP contribution in [0.2, 0.25) is 0 Å². The molecule has 1 aliphatic rings. The molecule has 0 radical (unpaired) electrons. The third-order valence-corrected chi connectivity index (χ3v) is 19.3. The molecule has 664 valence electrons. The van der Waals surface area contributed by atoms with Crippen LogP contribution in [0, 0.1) is 17.8 Å². The number of Topliss-reactive ketones (excluding diaryl/α,β-unsaturated/α-hetero) is 2. The standard InChI is InChI=1S/C83H145N11O22/c1-11-17-18-19-20-24-32-68(86-73(99)34-37-109-39-41-111-43-45-113-47-49-115-51-52-116-50-48-114-46-44-112-42-40-110-38-35-84)79(104)89-67(29-16-6)81(106)94-74(59(10)96)83(108)92-66(28-15-5)78(103)91-69-33-36-85-76(101)62(58(9)95)56-72(98)64(26-13-3)88-77(102)65(27-14-4)90-82(107)70(53-57(7)8)93-75(100)61(54-60-30-22-21-23-31-60)55-71(97)63(25-12-2)87-80(69)105/h21-23,30-31,57-59,61-70,74,95-96H,11-20,24-29,32-56,84H2,1-10H3,(H,85,101)(H,86,99)(H,87,105)(H,88,102)(H,89,104)(H,90,107)(H,91,103)(H,92,108)(H,93,100)(H,94,106)/t58-,59-,61+,62+,63+,64+,65+,66+,67+,68+,69+,70+,74+/m1/s1. The number of nitrogens with two attached hydrogens (primary N) is 1. The Morgan fingerprint density at radius 1 is 0.457 bits per heavy atom. The van der Waals surface area contributed by atoms with Crippen LogP contribution in [0.25, 0.3) is 0 Å². The molecule has 10 amide bonds. The van der Waals surface area contributed by atoms with E-state index in [-0.39, 0.29) is 103 Å². The maximum Gasteiger partial charge on any atom is 0.245 e. The topological polar surface area (TPSA) is 465 Å². The van der Waals surface area contributed by atoms with Crippen molar-refractivity contribution >= 4 is 70.6 Å². The van der Waals surface area contributed by atoms with E-state index < -0.39 is 162 Å². The SMILES string of the molecule is CCCCCCCC[C@H](NC(=O)CCOCCOCCOCCOCCOCCOCCOCCOCCN)C(=O)N[C@@H](CCC)C(=O)N[C@H](C(=O)N[C@@H](CCC)C(=O)N[C@H]1CCNC(=O)[C@H]([C@@H](C)O)CC(=O)[C@H](CCC)NC(=O)[C@H](CCC)NC(=O)[C@H](CC(C)C)NC(=O)[C@@H](Cc2ccccc2)CC(=O)[C@H](CCC)NC1=O)[C@@H](C)O. The zero-order valence-corrected chi connectivity index (χ0v) is 71.1. The zero-order chi connectivity index (χ0) is 85.8. The molecule has 1 aromatic rings. The minimum absolute atomic E-state index is 0.0277. The maximum absolute atomic E-state index is 14.9. The van der Waals surface area contributed by atoms with E-state index in [1.165, 1.54) is 13.8 Å². The lowest BCUT2D eigenvalue weighted by molar-refractivity contribution is -0.137. The average molecular weight is 1650 g/mol. The average Bonchev–Trinajstić information content (AvgIpc) is 0.976. The molecular weight excluding hydrogens is 1500 g/mol. The molecule has 13 atom stereocenters. The normalized spacial score (nSPS) is 20.1. The quantitative estimate of drug-likeness (QED) is 0.0416. The molecule has 0 spiro atoms. The van der Waals surface area contributed by atoms with Gasteiger partial charge in [0, 0.05) is 38.3 Å². The van der Waals surface area contributed by atoms with Gasteiger partial charge in [0.05, 0.1) is 136 Å². The number of aliphatic hydroxyl groups is 2. The van der Waals surface area contributed by atoms with Crippen molar-refractivity contribution in [2.24, 2.45) is 23.5 Å². The number of rotatable bonds is 58. The van der Waals surface area contributed by atoms with Gasteiger partial charge in [-0.3, -0.25) is 57.5 Å². The number of amides is 10. The van der Waals surface area contributed by atoms with Gasteiger partial charge < -0.3 is 107 Å². The molecule has 0 unspecified atom stereocenters. The van der Waals surface area contributed by atoms with Gasteiger partial charge in [-0.05, 0) is 83.1 Å². The summed E-state index contributed by atoms with van der Waals surface area (Å²) >= 11 is 0. The first-order valence-corrected chi connectivity index (χ1v) is 42.6. The highest BCUT2D eigenvalue weighted by Crippen LogP contribution is 2.21. The minimum Gasteiger partial charge on any atom is -0.393 e. The number of ether oxygens (including phenoxy) is 8.